The van der Waals surface area contributed by atoms with Crippen LogP contribution in [-0.2, 0) is 18.5 Å². The lowest BCUT2D eigenvalue weighted by molar-refractivity contribution is 0.414. The first kappa shape index (κ1) is 17.0. The number of ether oxygens (including phenoxy) is 1. The molecule has 0 fully saturated rings. The summed E-state index contributed by atoms with van der Waals surface area (Å²) < 4.78 is 5.22. The van der Waals surface area contributed by atoms with Crippen LogP contribution < -0.4 is 10.1 Å². The average molecular weight is 309 g/mol. The van der Waals surface area contributed by atoms with E-state index in [0.29, 0.717) is 12.1 Å². The fraction of sp³-hybridized carbons (Fsp3) is 0.368. The van der Waals surface area contributed by atoms with Crippen molar-refractivity contribution < 1.29 is 4.74 Å². The SMILES string of the molecule is COc1cccc(CNCc2cnc(C(C)(C)C)c(C#N)c2)c1. The molecule has 0 spiro atoms. The molecule has 1 aromatic carbocycles. The van der Waals surface area contributed by atoms with E-state index < -0.39 is 0 Å². The van der Waals surface area contributed by atoms with Gasteiger partial charge in [-0.15, -0.1) is 0 Å². The lowest BCUT2D eigenvalue weighted by atomic mass is 9.88. The van der Waals surface area contributed by atoms with Crippen molar-refractivity contribution in [3.05, 3.63) is 58.9 Å². The number of nitrogens with zero attached hydrogens (tertiary/aromatic N) is 2. The van der Waals surface area contributed by atoms with E-state index in [1.807, 2.05) is 30.5 Å². The first-order chi connectivity index (χ1) is 10.9. The van der Waals surface area contributed by atoms with Gasteiger partial charge in [-0.3, -0.25) is 4.98 Å². The van der Waals surface area contributed by atoms with E-state index >= 15 is 0 Å². The summed E-state index contributed by atoms with van der Waals surface area (Å²) in [5.41, 5.74) is 3.54. The number of aromatic nitrogens is 1. The third-order valence-electron chi connectivity index (χ3n) is 3.57. The summed E-state index contributed by atoms with van der Waals surface area (Å²) in [7, 11) is 1.67. The zero-order valence-corrected chi connectivity index (χ0v) is 14.2. The number of pyridine rings is 1. The second-order valence-corrected chi connectivity index (χ2v) is 6.56. The Labute approximate surface area is 138 Å². The molecule has 4 nitrogen and oxygen atoms in total. The molecule has 0 aliphatic carbocycles. The van der Waals surface area contributed by atoms with Gasteiger partial charge < -0.3 is 10.1 Å². The number of hydrogen-bond donors (Lipinski definition) is 1. The molecule has 120 valence electrons. The van der Waals surface area contributed by atoms with Gasteiger partial charge in [0.15, 0.2) is 0 Å². The van der Waals surface area contributed by atoms with Crippen LogP contribution >= 0.6 is 0 Å². The summed E-state index contributed by atoms with van der Waals surface area (Å²) >= 11 is 0. The lowest BCUT2D eigenvalue weighted by Gasteiger charge is -2.19. The molecule has 1 heterocycles. The van der Waals surface area contributed by atoms with Crippen molar-refractivity contribution in [3.63, 3.8) is 0 Å². The van der Waals surface area contributed by atoms with E-state index in [1.165, 1.54) is 0 Å². The fourth-order valence-electron chi connectivity index (χ4n) is 2.42. The van der Waals surface area contributed by atoms with Crippen molar-refractivity contribution in [3.8, 4) is 11.8 Å². The van der Waals surface area contributed by atoms with E-state index in [-0.39, 0.29) is 5.41 Å². The van der Waals surface area contributed by atoms with Gasteiger partial charge in [0, 0.05) is 24.7 Å². The highest BCUT2D eigenvalue weighted by molar-refractivity contribution is 5.39. The Morgan fingerprint density at radius 3 is 2.57 bits per heavy atom. The van der Waals surface area contributed by atoms with Gasteiger partial charge >= 0.3 is 0 Å². The van der Waals surface area contributed by atoms with Gasteiger partial charge in [0.2, 0.25) is 0 Å². The Morgan fingerprint density at radius 2 is 1.91 bits per heavy atom. The minimum Gasteiger partial charge on any atom is -0.497 e. The van der Waals surface area contributed by atoms with Crippen molar-refractivity contribution in [1.82, 2.24) is 10.3 Å². The maximum atomic E-state index is 9.34. The van der Waals surface area contributed by atoms with Gasteiger partial charge in [-0.1, -0.05) is 32.9 Å². The maximum Gasteiger partial charge on any atom is 0.119 e. The predicted molar refractivity (Wildman–Crippen MR) is 91.2 cm³/mol. The molecule has 4 heteroatoms. The number of methoxy groups -OCH3 is 1. The minimum absolute atomic E-state index is 0.127. The summed E-state index contributed by atoms with van der Waals surface area (Å²) in [4.78, 5) is 4.49. The molecule has 1 aromatic heterocycles. The molecular weight excluding hydrogens is 286 g/mol. The standard InChI is InChI=1S/C19H23N3O/c1-19(2,3)18-16(10-20)8-15(13-22-18)12-21-11-14-6-5-7-17(9-14)23-4/h5-9,13,21H,11-12H2,1-4H3. The van der Waals surface area contributed by atoms with Crippen LogP contribution in [0.15, 0.2) is 36.5 Å². The monoisotopic (exact) mass is 309 g/mol. The van der Waals surface area contributed by atoms with Gasteiger partial charge in [-0.05, 0) is 29.3 Å². The summed E-state index contributed by atoms with van der Waals surface area (Å²) in [6.07, 6.45) is 1.85. The van der Waals surface area contributed by atoms with Crippen molar-refractivity contribution in [2.24, 2.45) is 0 Å². The minimum atomic E-state index is -0.127. The predicted octanol–water partition coefficient (Wildman–Crippen LogP) is 3.55. The van der Waals surface area contributed by atoms with Gasteiger partial charge in [0.05, 0.1) is 18.4 Å². The molecule has 2 rings (SSSR count). The lowest BCUT2D eigenvalue weighted by Crippen LogP contribution is -2.18. The molecule has 23 heavy (non-hydrogen) atoms. The van der Waals surface area contributed by atoms with Gasteiger partial charge in [0.25, 0.3) is 0 Å². The molecule has 0 saturated carbocycles. The van der Waals surface area contributed by atoms with Crippen LogP contribution in [0.2, 0.25) is 0 Å². The van der Waals surface area contributed by atoms with E-state index in [2.05, 4.69) is 43.2 Å². The van der Waals surface area contributed by atoms with Gasteiger partial charge in [-0.2, -0.15) is 5.26 Å². The molecule has 0 aliphatic rings. The molecule has 0 radical (unpaired) electrons. The third-order valence-corrected chi connectivity index (χ3v) is 3.57. The Kier molecular flexibility index (Phi) is 5.36. The Hall–Kier alpha value is -2.38. The zero-order valence-electron chi connectivity index (χ0n) is 14.2. The van der Waals surface area contributed by atoms with Crippen LogP contribution in [0.5, 0.6) is 5.75 Å². The first-order valence-electron chi connectivity index (χ1n) is 7.67. The van der Waals surface area contributed by atoms with Gasteiger partial charge in [0.1, 0.15) is 11.8 Å². The smallest absolute Gasteiger partial charge is 0.119 e. The normalized spacial score (nSPS) is 11.1. The Balaban J connectivity index is 2.02. The molecule has 0 saturated heterocycles. The fourth-order valence-corrected chi connectivity index (χ4v) is 2.42. The van der Waals surface area contributed by atoms with Crippen LogP contribution in [0.4, 0.5) is 0 Å². The molecule has 0 aliphatic heterocycles. The van der Waals surface area contributed by atoms with Gasteiger partial charge in [-0.25, -0.2) is 0 Å². The van der Waals surface area contributed by atoms with Crippen LogP contribution in [0.25, 0.3) is 0 Å². The van der Waals surface area contributed by atoms with Crippen LogP contribution in [0.3, 0.4) is 0 Å². The molecule has 0 bridgehead atoms. The van der Waals surface area contributed by atoms with Crippen LogP contribution in [0.1, 0.15) is 43.2 Å². The van der Waals surface area contributed by atoms with Crippen LogP contribution in [0, 0.1) is 11.3 Å². The Bertz CT molecular complexity index is 711. The van der Waals surface area contributed by atoms with E-state index in [0.717, 1.165) is 29.1 Å². The topological polar surface area (TPSA) is 57.9 Å². The molecule has 1 N–H and O–H groups in total. The quantitative estimate of drug-likeness (QED) is 0.917. The second-order valence-electron chi connectivity index (χ2n) is 6.56. The number of rotatable bonds is 5. The largest absolute Gasteiger partial charge is 0.497 e. The highest BCUT2D eigenvalue weighted by atomic mass is 16.5. The van der Waals surface area contributed by atoms with E-state index in [9.17, 15) is 5.26 Å². The van der Waals surface area contributed by atoms with Crippen molar-refractivity contribution in [1.29, 1.82) is 5.26 Å². The van der Waals surface area contributed by atoms with Crippen LogP contribution in [-0.4, -0.2) is 12.1 Å². The van der Waals surface area contributed by atoms with Crippen molar-refractivity contribution in [2.45, 2.75) is 39.3 Å². The maximum absolute atomic E-state index is 9.34. The number of benzene rings is 1. The number of nitriles is 1. The Morgan fingerprint density at radius 1 is 1.17 bits per heavy atom. The summed E-state index contributed by atoms with van der Waals surface area (Å²) in [6.45, 7) is 7.61. The molecule has 2 aromatic rings. The van der Waals surface area contributed by atoms with E-state index in [1.54, 1.807) is 7.11 Å². The second kappa shape index (κ2) is 7.26. The molecule has 0 atom stereocenters. The number of hydrogen-bond acceptors (Lipinski definition) is 4. The molecule has 0 unspecified atom stereocenters. The molecular formula is C19H23N3O. The highest BCUT2D eigenvalue weighted by Crippen LogP contribution is 2.23. The number of nitrogens with one attached hydrogen (secondary N) is 1. The van der Waals surface area contributed by atoms with E-state index in [4.69, 9.17) is 4.74 Å². The summed E-state index contributed by atoms with van der Waals surface area (Å²) in [6, 6.07) is 12.1. The summed E-state index contributed by atoms with van der Waals surface area (Å²) in [5, 5.41) is 12.7. The van der Waals surface area contributed by atoms with Crippen molar-refractivity contribution in [2.75, 3.05) is 7.11 Å². The average Bonchev–Trinajstić information content (AvgIpc) is 2.54. The molecule has 0 amide bonds. The first-order valence-corrected chi connectivity index (χ1v) is 7.67. The summed E-state index contributed by atoms with van der Waals surface area (Å²) in [5.74, 6) is 0.854. The highest BCUT2D eigenvalue weighted by Gasteiger charge is 2.19. The van der Waals surface area contributed by atoms with Crippen molar-refractivity contribution >= 4 is 0 Å². The third kappa shape index (κ3) is 4.54. The zero-order chi connectivity index (χ0) is 16.9.